The van der Waals surface area contributed by atoms with Crippen molar-refractivity contribution >= 4 is 0 Å². The summed E-state index contributed by atoms with van der Waals surface area (Å²) in [5.74, 6) is 0. The summed E-state index contributed by atoms with van der Waals surface area (Å²) >= 11 is 0. The van der Waals surface area contributed by atoms with Crippen LogP contribution in [0.5, 0.6) is 0 Å². The van der Waals surface area contributed by atoms with E-state index in [4.69, 9.17) is 0 Å². The van der Waals surface area contributed by atoms with E-state index in [0.29, 0.717) is 0 Å². The lowest BCUT2D eigenvalue weighted by Gasteiger charge is -2.40. The van der Waals surface area contributed by atoms with Crippen LogP contribution in [0.3, 0.4) is 0 Å². The van der Waals surface area contributed by atoms with Gasteiger partial charge in [0.25, 0.3) is 5.60 Å². The van der Waals surface area contributed by atoms with Crippen LogP contribution in [0.4, 0.5) is 26.3 Å². The van der Waals surface area contributed by atoms with E-state index in [0.717, 1.165) is 12.2 Å². The van der Waals surface area contributed by atoms with E-state index in [1.165, 1.54) is 6.92 Å². The summed E-state index contributed by atoms with van der Waals surface area (Å²) in [6.45, 7) is 1.38. The van der Waals surface area contributed by atoms with Gasteiger partial charge in [0, 0.05) is 13.0 Å². The molecule has 8 heteroatoms. The molecule has 0 amide bonds. The van der Waals surface area contributed by atoms with Crippen molar-refractivity contribution < 1.29 is 35.8 Å². The summed E-state index contributed by atoms with van der Waals surface area (Å²) in [5.41, 5.74) is -4.19. The van der Waals surface area contributed by atoms with Crippen molar-refractivity contribution in [3.05, 3.63) is 12.2 Å². The average Bonchev–Trinajstić information content (AvgIpc) is 2.15. The highest BCUT2D eigenvalue weighted by molar-refractivity contribution is 5.07. The van der Waals surface area contributed by atoms with Gasteiger partial charge in [0.1, 0.15) is 0 Å². The van der Waals surface area contributed by atoms with E-state index in [-0.39, 0.29) is 6.61 Å². The smallest absolute Gasteiger partial charge is 0.349 e. The zero-order chi connectivity index (χ0) is 13.3. The molecule has 1 aliphatic rings. The minimum absolute atomic E-state index is 0.0548. The number of halogens is 6. The summed E-state index contributed by atoms with van der Waals surface area (Å²) < 4.78 is 84.1. The van der Waals surface area contributed by atoms with Crippen molar-refractivity contribution in [3.8, 4) is 0 Å². The summed E-state index contributed by atoms with van der Waals surface area (Å²) in [6, 6.07) is 0. The van der Waals surface area contributed by atoms with Crippen LogP contribution in [0.25, 0.3) is 0 Å². The molecule has 2 nitrogen and oxygen atoms in total. The molecule has 1 atom stereocenters. The first kappa shape index (κ1) is 14.3. The van der Waals surface area contributed by atoms with Crippen LogP contribution >= 0.6 is 0 Å². The van der Waals surface area contributed by atoms with Crippen LogP contribution < -0.4 is 0 Å². The molecule has 1 unspecified atom stereocenters. The highest BCUT2D eigenvalue weighted by Crippen LogP contribution is 2.50. The van der Waals surface area contributed by atoms with Gasteiger partial charge in [0.05, 0.1) is 0 Å². The molecule has 0 radical (unpaired) electrons. The van der Waals surface area contributed by atoms with Gasteiger partial charge in [-0.1, -0.05) is 6.08 Å². The minimum Gasteiger partial charge on any atom is -0.349 e. The fourth-order valence-corrected chi connectivity index (χ4v) is 1.41. The molecule has 1 heterocycles. The van der Waals surface area contributed by atoms with Crippen molar-refractivity contribution in [2.24, 2.45) is 0 Å². The van der Waals surface area contributed by atoms with Crippen LogP contribution in [0, 0.1) is 0 Å². The molecule has 0 aromatic rings. The number of hydrogen-bond acceptors (Lipinski definition) is 2. The van der Waals surface area contributed by atoms with E-state index in [1.807, 2.05) is 0 Å². The molecule has 0 fully saturated rings. The second kappa shape index (κ2) is 4.49. The Morgan fingerprint density at radius 1 is 1.24 bits per heavy atom. The molecule has 1 rings (SSSR count). The van der Waals surface area contributed by atoms with Gasteiger partial charge < -0.3 is 9.47 Å². The molecule has 0 spiro atoms. The lowest BCUT2D eigenvalue weighted by Crippen LogP contribution is -2.61. The van der Waals surface area contributed by atoms with E-state index in [9.17, 15) is 26.3 Å². The molecular weight excluding hydrogens is 254 g/mol. The number of hydrogen-bond donors (Lipinski definition) is 0. The lowest BCUT2D eigenvalue weighted by atomic mass is 9.95. The van der Waals surface area contributed by atoms with Gasteiger partial charge >= 0.3 is 12.4 Å². The molecule has 1 aliphatic heterocycles. The van der Waals surface area contributed by atoms with Gasteiger partial charge in [0.15, 0.2) is 6.29 Å². The second-order valence-electron chi connectivity index (χ2n) is 3.40. The lowest BCUT2D eigenvalue weighted by molar-refractivity contribution is -0.405. The molecule has 17 heavy (non-hydrogen) atoms. The fraction of sp³-hybridized carbons (Fsp3) is 0.778. The largest absolute Gasteiger partial charge is 0.426 e. The molecule has 0 saturated carbocycles. The normalized spacial score (nSPS) is 25.0. The third-order valence-electron chi connectivity index (χ3n) is 2.26. The fourth-order valence-electron chi connectivity index (χ4n) is 1.41. The molecular formula is C9H10F6O2. The average molecular weight is 264 g/mol. The van der Waals surface area contributed by atoms with Gasteiger partial charge in [-0.15, -0.1) is 0 Å². The number of rotatable bonds is 2. The highest BCUT2D eigenvalue weighted by atomic mass is 19.4. The zero-order valence-electron chi connectivity index (χ0n) is 8.73. The standard InChI is InChI=1S/C9H10F6O2/c1-2-16-6-4-3-5-7(17-6,8(10,11)12)9(13,14)15/h3-4,6H,2,5H2,1H3. The molecule has 100 valence electrons. The van der Waals surface area contributed by atoms with E-state index in [2.05, 4.69) is 9.47 Å². The maximum absolute atomic E-state index is 12.6. The maximum atomic E-state index is 12.6. The Kier molecular flexibility index (Phi) is 3.78. The molecule has 0 N–H and O–H groups in total. The van der Waals surface area contributed by atoms with Crippen molar-refractivity contribution in [2.75, 3.05) is 6.61 Å². The van der Waals surface area contributed by atoms with Crippen LogP contribution in [0.15, 0.2) is 12.2 Å². The molecule has 0 aromatic carbocycles. The zero-order valence-corrected chi connectivity index (χ0v) is 8.73. The summed E-state index contributed by atoms with van der Waals surface area (Å²) in [6.07, 6.45) is -12.2. The highest BCUT2D eigenvalue weighted by Gasteiger charge is 2.73. The molecule has 0 bridgehead atoms. The first-order chi connectivity index (χ1) is 7.64. The monoisotopic (exact) mass is 264 g/mol. The first-order valence-corrected chi connectivity index (χ1v) is 4.73. The van der Waals surface area contributed by atoms with Crippen molar-refractivity contribution in [1.82, 2.24) is 0 Å². The third kappa shape index (κ3) is 2.57. The van der Waals surface area contributed by atoms with E-state index >= 15 is 0 Å². The third-order valence-corrected chi connectivity index (χ3v) is 2.26. The molecule has 0 aliphatic carbocycles. The maximum Gasteiger partial charge on any atom is 0.426 e. The molecule has 0 saturated heterocycles. The Hall–Kier alpha value is -0.760. The summed E-state index contributed by atoms with van der Waals surface area (Å²) in [7, 11) is 0. The van der Waals surface area contributed by atoms with Crippen molar-refractivity contribution in [2.45, 2.75) is 37.6 Å². The number of alkyl halides is 6. The Bertz CT molecular complexity index is 279. The van der Waals surface area contributed by atoms with Crippen molar-refractivity contribution in [3.63, 3.8) is 0 Å². The summed E-state index contributed by atoms with van der Waals surface area (Å²) in [5, 5.41) is 0. The van der Waals surface area contributed by atoms with Crippen LogP contribution in [0.1, 0.15) is 13.3 Å². The van der Waals surface area contributed by atoms with Gasteiger partial charge in [-0.05, 0) is 13.0 Å². The number of ether oxygens (including phenoxy) is 2. The Labute approximate surface area is 93.2 Å². The topological polar surface area (TPSA) is 18.5 Å². The predicted octanol–water partition coefficient (Wildman–Crippen LogP) is 3.19. The molecule has 0 aromatic heterocycles. The van der Waals surface area contributed by atoms with Gasteiger partial charge in [-0.25, -0.2) is 0 Å². The predicted molar refractivity (Wildman–Crippen MR) is 45.1 cm³/mol. The quantitative estimate of drug-likeness (QED) is 0.563. The van der Waals surface area contributed by atoms with Gasteiger partial charge in [0.2, 0.25) is 0 Å². The first-order valence-electron chi connectivity index (χ1n) is 4.73. The van der Waals surface area contributed by atoms with Crippen LogP contribution in [-0.4, -0.2) is 30.9 Å². The van der Waals surface area contributed by atoms with Gasteiger partial charge in [-0.2, -0.15) is 26.3 Å². The Morgan fingerprint density at radius 3 is 2.18 bits per heavy atom. The van der Waals surface area contributed by atoms with E-state index < -0.39 is 30.7 Å². The van der Waals surface area contributed by atoms with E-state index in [1.54, 1.807) is 0 Å². The SMILES string of the molecule is CCOC1C=CCC(C(F)(F)F)(C(F)(F)F)O1. The Balaban J connectivity index is 3.07. The van der Waals surface area contributed by atoms with Crippen molar-refractivity contribution in [1.29, 1.82) is 0 Å². The minimum atomic E-state index is -5.55. The van der Waals surface area contributed by atoms with Gasteiger partial charge in [-0.3, -0.25) is 0 Å². The van der Waals surface area contributed by atoms with Crippen LogP contribution in [-0.2, 0) is 9.47 Å². The second-order valence-corrected chi connectivity index (χ2v) is 3.40. The van der Waals surface area contributed by atoms with Crippen LogP contribution in [0.2, 0.25) is 0 Å². The Morgan fingerprint density at radius 2 is 1.76 bits per heavy atom. The summed E-state index contributed by atoms with van der Waals surface area (Å²) in [4.78, 5) is 0.